The Bertz CT molecular complexity index is 2180. The summed E-state index contributed by atoms with van der Waals surface area (Å²) in [7, 11) is 1.64. The summed E-state index contributed by atoms with van der Waals surface area (Å²) in [5.41, 5.74) is 11.4. The summed E-state index contributed by atoms with van der Waals surface area (Å²) in [6.07, 6.45) is 4.45. The Kier molecular flexibility index (Phi) is 7.24. The number of nitrogens with two attached hydrogens (primary N) is 1. The molecule has 3 atom stereocenters. The molecule has 9 rings (SSSR count). The molecule has 11 heteroatoms. The standard InChI is InChI=1S/C39H40N6O5/c1-50-33-16-28(38(47)44-21-27-12-13-31(44)34(27)40)14-29-35(33)45(20-23-17-42(18-23)37(46)24-8-10-25(11-9-24)39(48)49)36(41-29)32-15-26-4-2-3-5-30(26)43(32)19-22-6-7-22/h2-5,8-11,14-16,22-23,27,31,34H,6-7,12-13,17-21,40H2,1H3,(H,48,49)/t27?,31?,34-/m1/s1. The van der Waals surface area contributed by atoms with Crippen LogP contribution in [-0.2, 0) is 13.1 Å². The molecule has 50 heavy (non-hydrogen) atoms. The highest BCUT2D eigenvalue weighted by Crippen LogP contribution is 2.41. The fourth-order valence-electron chi connectivity index (χ4n) is 8.53. The molecule has 11 nitrogen and oxygen atoms in total. The highest BCUT2D eigenvalue weighted by atomic mass is 16.5. The van der Waals surface area contributed by atoms with Crippen LogP contribution >= 0.6 is 0 Å². The van der Waals surface area contributed by atoms with Gasteiger partial charge in [0.1, 0.15) is 11.3 Å². The molecule has 4 heterocycles. The maximum Gasteiger partial charge on any atom is 0.335 e. The molecule has 2 saturated heterocycles. The van der Waals surface area contributed by atoms with Gasteiger partial charge in [-0.2, -0.15) is 0 Å². The zero-order valence-electron chi connectivity index (χ0n) is 28.0. The van der Waals surface area contributed by atoms with Gasteiger partial charge in [-0.3, -0.25) is 9.59 Å². The number of methoxy groups -OCH3 is 1. The van der Waals surface area contributed by atoms with Crippen molar-refractivity contribution >= 4 is 39.7 Å². The van der Waals surface area contributed by atoms with Crippen molar-refractivity contribution in [1.29, 1.82) is 0 Å². The molecule has 2 aromatic heterocycles. The summed E-state index contributed by atoms with van der Waals surface area (Å²) in [5.74, 6) is 1.38. The highest BCUT2D eigenvalue weighted by Gasteiger charge is 2.47. The van der Waals surface area contributed by atoms with Crippen LogP contribution in [0.1, 0.15) is 56.8 Å². The molecule has 2 bridgehead atoms. The third-order valence-corrected chi connectivity index (χ3v) is 11.4. The van der Waals surface area contributed by atoms with Gasteiger partial charge in [-0.1, -0.05) is 18.2 Å². The van der Waals surface area contributed by atoms with Gasteiger partial charge in [-0.15, -0.1) is 0 Å². The number of piperidine rings is 1. The van der Waals surface area contributed by atoms with E-state index in [0.29, 0.717) is 60.4 Å². The number of para-hydroxylation sites is 1. The van der Waals surface area contributed by atoms with Crippen molar-refractivity contribution in [3.8, 4) is 17.3 Å². The lowest BCUT2D eigenvalue weighted by Gasteiger charge is -2.40. The van der Waals surface area contributed by atoms with Gasteiger partial charge in [0.25, 0.3) is 11.8 Å². The van der Waals surface area contributed by atoms with Crippen LogP contribution in [0.5, 0.6) is 5.75 Å². The van der Waals surface area contributed by atoms with Gasteiger partial charge in [0, 0.05) is 72.8 Å². The van der Waals surface area contributed by atoms with Crippen molar-refractivity contribution in [1.82, 2.24) is 23.9 Å². The van der Waals surface area contributed by atoms with Crippen molar-refractivity contribution in [2.24, 2.45) is 23.5 Å². The van der Waals surface area contributed by atoms with Crippen LogP contribution in [0.25, 0.3) is 33.5 Å². The number of hydrogen-bond donors (Lipinski definition) is 2. The average Bonchev–Trinajstić information content (AvgIpc) is 3.47. The van der Waals surface area contributed by atoms with Crippen LogP contribution in [-0.4, -0.2) is 85.6 Å². The molecule has 4 fully saturated rings. The third kappa shape index (κ3) is 5.05. The molecule has 256 valence electrons. The third-order valence-electron chi connectivity index (χ3n) is 11.4. The van der Waals surface area contributed by atoms with Crippen molar-refractivity contribution in [2.75, 3.05) is 26.7 Å². The number of imidazole rings is 1. The van der Waals surface area contributed by atoms with Crippen LogP contribution in [0.3, 0.4) is 0 Å². The number of aromatic nitrogens is 3. The van der Waals surface area contributed by atoms with E-state index < -0.39 is 5.97 Å². The smallest absolute Gasteiger partial charge is 0.335 e. The van der Waals surface area contributed by atoms with Gasteiger partial charge < -0.3 is 34.5 Å². The molecule has 5 aromatic rings. The Labute approximate surface area is 289 Å². The fraction of sp³-hybridized carbons (Fsp3) is 0.385. The Morgan fingerprint density at radius 2 is 1.58 bits per heavy atom. The maximum absolute atomic E-state index is 14.0. The second-order valence-electron chi connectivity index (χ2n) is 14.6. The van der Waals surface area contributed by atoms with Crippen molar-refractivity contribution in [2.45, 2.75) is 50.9 Å². The highest BCUT2D eigenvalue weighted by molar-refractivity contribution is 6.01. The van der Waals surface area contributed by atoms with Crippen LogP contribution in [0.2, 0.25) is 0 Å². The van der Waals surface area contributed by atoms with Gasteiger partial charge in [0.15, 0.2) is 5.82 Å². The van der Waals surface area contributed by atoms with E-state index >= 15 is 0 Å². The van der Waals surface area contributed by atoms with Crippen LogP contribution in [0.4, 0.5) is 0 Å². The van der Waals surface area contributed by atoms with Gasteiger partial charge in [-0.25, -0.2) is 9.78 Å². The van der Waals surface area contributed by atoms with Crippen molar-refractivity contribution < 1.29 is 24.2 Å². The molecule has 3 N–H and O–H groups in total. The van der Waals surface area contributed by atoms with Gasteiger partial charge in [0.05, 0.1) is 23.9 Å². The number of rotatable bonds is 9. The minimum Gasteiger partial charge on any atom is -0.494 e. The number of hydrogen-bond acceptors (Lipinski definition) is 6. The Morgan fingerprint density at radius 1 is 0.840 bits per heavy atom. The summed E-state index contributed by atoms with van der Waals surface area (Å²) in [5, 5.41) is 10.4. The molecule has 2 unspecified atom stereocenters. The molecular formula is C39H40N6O5. The molecule has 3 aromatic carbocycles. The number of likely N-dealkylation sites (tertiary alicyclic amines) is 2. The quantitative estimate of drug-likeness (QED) is 0.222. The molecule has 2 amide bonds. The monoisotopic (exact) mass is 672 g/mol. The first-order chi connectivity index (χ1) is 24.3. The maximum atomic E-state index is 14.0. The number of carbonyl (C=O) groups is 3. The van der Waals surface area contributed by atoms with Crippen molar-refractivity contribution in [3.05, 3.63) is 83.4 Å². The number of ether oxygens (including phenoxy) is 1. The number of fused-ring (bicyclic) bond motifs is 4. The van der Waals surface area contributed by atoms with Crippen LogP contribution < -0.4 is 10.5 Å². The van der Waals surface area contributed by atoms with E-state index in [2.05, 4.69) is 39.5 Å². The van der Waals surface area contributed by atoms with E-state index in [4.69, 9.17) is 15.5 Å². The molecule has 2 aliphatic carbocycles. The summed E-state index contributed by atoms with van der Waals surface area (Å²) < 4.78 is 10.6. The van der Waals surface area contributed by atoms with Crippen LogP contribution in [0, 0.1) is 17.8 Å². The lowest BCUT2D eigenvalue weighted by molar-refractivity contribution is 0.0471. The number of benzene rings is 3. The van der Waals surface area contributed by atoms with E-state index in [1.165, 1.54) is 30.5 Å². The second kappa shape index (κ2) is 11.7. The van der Waals surface area contributed by atoms with E-state index in [1.54, 1.807) is 24.1 Å². The fourth-order valence-corrected chi connectivity index (χ4v) is 8.53. The zero-order chi connectivity index (χ0) is 34.3. The van der Waals surface area contributed by atoms with Gasteiger partial charge in [0.2, 0.25) is 0 Å². The Morgan fingerprint density at radius 3 is 2.26 bits per heavy atom. The summed E-state index contributed by atoms with van der Waals surface area (Å²) in [4.78, 5) is 47.6. The molecular weight excluding hydrogens is 632 g/mol. The summed E-state index contributed by atoms with van der Waals surface area (Å²) >= 11 is 0. The average molecular weight is 673 g/mol. The Hall–Kier alpha value is -5.16. The first-order valence-corrected chi connectivity index (χ1v) is 17.6. The number of carbonyl (C=O) groups excluding carboxylic acids is 2. The first-order valence-electron chi connectivity index (χ1n) is 17.6. The minimum absolute atomic E-state index is 0.0294. The van der Waals surface area contributed by atoms with E-state index in [0.717, 1.165) is 41.8 Å². The number of aromatic carboxylic acids is 1. The molecule has 2 saturated carbocycles. The minimum atomic E-state index is -1.02. The van der Waals surface area contributed by atoms with Crippen LogP contribution in [0.15, 0.2) is 66.7 Å². The number of amides is 2. The van der Waals surface area contributed by atoms with Crippen molar-refractivity contribution in [3.63, 3.8) is 0 Å². The number of nitrogens with zero attached hydrogens (tertiary/aromatic N) is 5. The Balaban J connectivity index is 1.09. The number of carboxylic acid groups (broad SMARTS) is 1. The zero-order valence-corrected chi connectivity index (χ0v) is 28.0. The summed E-state index contributed by atoms with van der Waals surface area (Å²) in [6, 6.07) is 20.6. The predicted molar refractivity (Wildman–Crippen MR) is 188 cm³/mol. The molecule has 0 radical (unpaired) electrons. The van der Waals surface area contributed by atoms with E-state index in [1.807, 2.05) is 17.0 Å². The molecule has 4 aliphatic rings. The normalized spacial score (nSPS) is 21.7. The SMILES string of the molecule is COc1cc(C(=O)N2CC3CCC2[C@@H]3N)cc2nc(-c3cc4ccccc4n3CC3CC3)n(CC3CN(C(=O)c4ccc(C(=O)O)cc4)C3)c12. The van der Waals surface area contributed by atoms with Gasteiger partial charge in [-0.05, 0) is 86.1 Å². The lowest BCUT2D eigenvalue weighted by Crippen LogP contribution is -2.51. The second-order valence-corrected chi connectivity index (χ2v) is 14.6. The van der Waals surface area contributed by atoms with Gasteiger partial charge >= 0.3 is 5.97 Å². The molecule has 2 aliphatic heterocycles. The largest absolute Gasteiger partial charge is 0.494 e. The topological polar surface area (TPSA) is 136 Å². The molecule has 0 spiro atoms. The first kappa shape index (κ1) is 30.9. The lowest BCUT2D eigenvalue weighted by atomic mass is 9.98. The number of carboxylic acids is 1. The van der Waals surface area contributed by atoms with E-state index in [9.17, 15) is 19.5 Å². The van der Waals surface area contributed by atoms with E-state index in [-0.39, 0.29) is 35.4 Å². The predicted octanol–water partition coefficient (Wildman–Crippen LogP) is 5.11. The summed E-state index contributed by atoms with van der Waals surface area (Å²) in [6.45, 7) is 3.32.